The highest BCUT2D eigenvalue weighted by atomic mass is 16.2. The molecule has 0 bridgehead atoms. The van der Waals surface area contributed by atoms with Crippen LogP contribution in [0.25, 0.3) is 0 Å². The van der Waals surface area contributed by atoms with Crippen molar-refractivity contribution >= 4 is 17.4 Å². The van der Waals surface area contributed by atoms with E-state index in [0.717, 1.165) is 5.69 Å². The average molecular weight is 244 g/mol. The Morgan fingerprint density at radius 1 is 1.50 bits per heavy atom. The van der Waals surface area contributed by atoms with E-state index in [-0.39, 0.29) is 5.91 Å². The third-order valence-electron chi connectivity index (χ3n) is 2.62. The molecule has 5 nitrogen and oxygen atoms in total. The highest BCUT2D eigenvalue weighted by Gasteiger charge is 2.12. The monoisotopic (exact) mass is 244 g/mol. The quantitative estimate of drug-likeness (QED) is 0.867. The molecule has 0 unspecified atom stereocenters. The third-order valence-corrected chi connectivity index (χ3v) is 2.62. The van der Waals surface area contributed by atoms with Crippen LogP contribution in [0.15, 0.2) is 30.5 Å². The smallest absolute Gasteiger partial charge is 0.273 e. The van der Waals surface area contributed by atoms with Gasteiger partial charge in [-0.2, -0.15) is 0 Å². The van der Waals surface area contributed by atoms with Crippen LogP contribution in [0.4, 0.5) is 11.5 Å². The molecule has 0 radical (unpaired) electrons. The fourth-order valence-electron chi connectivity index (χ4n) is 1.78. The van der Waals surface area contributed by atoms with Crippen molar-refractivity contribution < 1.29 is 4.79 Å². The Kier molecular flexibility index (Phi) is 3.32. The summed E-state index contributed by atoms with van der Waals surface area (Å²) in [5.74, 6) is 0.342. The van der Waals surface area contributed by atoms with Crippen LogP contribution in [0, 0.1) is 6.92 Å². The van der Waals surface area contributed by atoms with Gasteiger partial charge in [-0.15, -0.1) is 0 Å². The number of anilines is 2. The van der Waals surface area contributed by atoms with E-state index >= 15 is 0 Å². The van der Waals surface area contributed by atoms with E-state index in [4.69, 9.17) is 5.73 Å². The van der Waals surface area contributed by atoms with Crippen LogP contribution >= 0.6 is 0 Å². The van der Waals surface area contributed by atoms with Crippen LogP contribution in [-0.2, 0) is 6.54 Å². The van der Waals surface area contributed by atoms with Crippen molar-refractivity contribution in [3.63, 3.8) is 0 Å². The van der Waals surface area contributed by atoms with Crippen molar-refractivity contribution in [2.75, 3.05) is 11.1 Å². The van der Waals surface area contributed by atoms with Crippen LogP contribution < -0.4 is 11.1 Å². The molecule has 2 rings (SSSR count). The first-order chi connectivity index (χ1) is 8.60. The van der Waals surface area contributed by atoms with Crippen molar-refractivity contribution in [1.82, 2.24) is 9.55 Å². The number of pyridine rings is 1. The third kappa shape index (κ3) is 2.51. The molecular weight excluding hydrogens is 228 g/mol. The second-order valence-electron chi connectivity index (χ2n) is 4.06. The summed E-state index contributed by atoms with van der Waals surface area (Å²) in [6.45, 7) is 4.53. The number of amides is 1. The van der Waals surface area contributed by atoms with Gasteiger partial charge in [-0.25, -0.2) is 4.98 Å². The fourth-order valence-corrected chi connectivity index (χ4v) is 1.78. The lowest BCUT2D eigenvalue weighted by Gasteiger charge is -2.07. The Bertz CT molecular complexity index is 574. The molecule has 0 spiro atoms. The normalized spacial score (nSPS) is 10.3. The zero-order valence-electron chi connectivity index (χ0n) is 10.5. The molecule has 18 heavy (non-hydrogen) atoms. The number of rotatable bonds is 3. The van der Waals surface area contributed by atoms with E-state index in [1.54, 1.807) is 22.9 Å². The minimum Gasteiger partial charge on any atom is -0.397 e. The maximum Gasteiger partial charge on any atom is 0.273 e. The summed E-state index contributed by atoms with van der Waals surface area (Å²) in [6.07, 6.45) is 1.75. The number of carbonyl (C=O) groups excluding carboxylic acids is 1. The van der Waals surface area contributed by atoms with E-state index in [9.17, 15) is 4.79 Å². The lowest BCUT2D eigenvalue weighted by atomic mass is 10.3. The number of carbonyl (C=O) groups is 1. The van der Waals surface area contributed by atoms with Gasteiger partial charge in [-0.3, -0.25) is 4.79 Å². The topological polar surface area (TPSA) is 72.9 Å². The number of hydrogen-bond acceptors (Lipinski definition) is 3. The zero-order valence-corrected chi connectivity index (χ0v) is 10.5. The molecule has 0 aliphatic heterocycles. The predicted molar refractivity (Wildman–Crippen MR) is 71.4 cm³/mol. The summed E-state index contributed by atoms with van der Waals surface area (Å²) in [7, 11) is 0. The highest BCUT2D eigenvalue weighted by molar-refractivity contribution is 6.03. The number of hydrogen-bond donors (Lipinski definition) is 2. The molecule has 2 heterocycles. The molecule has 0 saturated heterocycles. The molecule has 5 heteroatoms. The summed E-state index contributed by atoms with van der Waals surface area (Å²) in [5, 5.41) is 2.76. The van der Waals surface area contributed by atoms with Crippen LogP contribution in [0.1, 0.15) is 23.1 Å². The standard InChI is InChI=1S/C13H16N4O/c1-3-17-8-10(14)7-11(17)13(18)16-12-6-4-5-9(2)15-12/h4-8H,3,14H2,1-2H3,(H,15,16,18). The predicted octanol–water partition coefficient (Wildman–Crippen LogP) is 2.05. The van der Waals surface area contributed by atoms with E-state index in [2.05, 4.69) is 10.3 Å². The van der Waals surface area contributed by atoms with Crippen LogP contribution in [0.5, 0.6) is 0 Å². The minimum absolute atomic E-state index is 0.202. The zero-order chi connectivity index (χ0) is 13.1. The van der Waals surface area contributed by atoms with Crippen LogP contribution in [-0.4, -0.2) is 15.5 Å². The molecule has 0 aromatic carbocycles. The molecule has 2 aromatic rings. The van der Waals surface area contributed by atoms with Gasteiger partial charge in [-0.05, 0) is 32.0 Å². The first-order valence-electron chi connectivity index (χ1n) is 5.81. The number of nitrogens with zero attached hydrogens (tertiary/aromatic N) is 2. The van der Waals surface area contributed by atoms with Crippen LogP contribution in [0.3, 0.4) is 0 Å². The largest absolute Gasteiger partial charge is 0.397 e. The van der Waals surface area contributed by atoms with E-state index in [1.807, 2.05) is 26.0 Å². The van der Waals surface area contributed by atoms with Gasteiger partial charge >= 0.3 is 0 Å². The van der Waals surface area contributed by atoms with Crippen LogP contribution in [0.2, 0.25) is 0 Å². The Hall–Kier alpha value is -2.30. The first-order valence-corrected chi connectivity index (χ1v) is 5.81. The summed E-state index contributed by atoms with van der Waals surface area (Å²) in [6, 6.07) is 7.15. The molecule has 0 fully saturated rings. The number of nitrogen functional groups attached to an aromatic ring is 1. The van der Waals surface area contributed by atoms with Gasteiger partial charge in [-0.1, -0.05) is 6.07 Å². The van der Waals surface area contributed by atoms with Gasteiger partial charge in [0.15, 0.2) is 0 Å². The maximum absolute atomic E-state index is 12.1. The molecule has 0 saturated carbocycles. The molecule has 1 amide bonds. The fraction of sp³-hybridized carbons (Fsp3) is 0.231. The molecule has 0 aliphatic carbocycles. The molecule has 0 atom stereocenters. The van der Waals surface area contributed by atoms with Gasteiger partial charge in [0.2, 0.25) is 0 Å². The van der Waals surface area contributed by atoms with E-state index in [1.165, 1.54) is 0 Å². The molecular formula is C13H16N4O. The van der Waals surface area contributed by atoms with Gasteiger partial charge in [0, 0.05) is 18.4 Å². The summed E-state index contributed by atoms with van der Waals surface area (Å²) < 4.78 is 1.81. The SMILES string of the molecule is CCn1cc(N)cc1C(=O)Nc1cccc(C)n1. The Morgan fingerprint density at radius 2 is 2.28 bits per heavy atom. The van der Waals surface area contributed by atoms with E-state index in [0.29, 0.717) is 23.7 Å². The first kappa shape index (κ1) is 12.2. The second-order valence-corrected chi connectivity index (χ2v) is 4.06. The highest BCUT2D eigenvalue weighted by Crippen LogP contribution is 2.13. The molecule has 0 aliphatic rings. The van der Waals surface area contributed by atoms with Crippen molar-refractivity contribution in [3.8, 4) is 0 Å². The van der Waals surface area contributed by atoms with Crippen molar-refractivity contribution in [2.24, 2.45) is 0 Å². The van der Waals surface area contributed by atoms with Gasteiger partial charge < -0.3 is 15.6 Å². The number of aryl methyl sites for hydroxylation is 2. The number of aromatic nitrogens is 2. The Balaban J connectivity index is 2.21. The summed E-state index contributed by atoms with van der Waals surface area (Å²) >= 11 is 0. The Morgan fingerprint density at radius 3 is 2.94 bits per heavy atom. The average Bonchev–Trinajstić information content (AvgIpc) is 2.70. The number of nitrogens with two attached hydrogens (primary N) is 1. The van der Waals surface area contributed by atoms with Gasteiger partial charge in [0.25, 0.3) is 5.91 Å². The minimum atomic E-state index is -0.202. The lowest BCUT2D eigenvalue weighted by molar-refractivity contribution is 0.101. The van der Waals surface area contributed by atoms with Gasteiger partial charge in [0.1, 0.15) is 11.5 Å². The van der Waals surface area contributed by atoms with Crippen molar-refractivity contribution in [3.05, 3.63) is 41.9 Å². The van der Waals surface area contributed by atoms with Gasteiger partial charge in [0.05, 0.1) is 5.69 Å². The second kappa shape index (κ2) is 4.91. The van der Waals surface area contributed by atoms with Crippen molar-refractivity contribution in [1.29, 1.82) is 0 Å². The maximum atomic E-state index is 12.1. The molecule has 2 aromatic heterocycles. The molecule has 3 N–H and O–H groups in total. The number of nitrogens with one attached hydrogen (secondary N) is 1. The lowest BCUT2D eigenvalue weighted by Crippen LogP contribution is -2.17. The Labute approximate surface area is 106 Å². The van der Waals surface area contributed by atoms with Crippen molar-refractivity contribution in [2.45, 2.75) is 20.4 Å². The summed E-state index contributed by atoms with van der Waals surface area (Å²) in [5.41, 5.74) is 7.68. The molecule has 94 valence electrons. The summed E-state index contributed by atoms with van der Waals surface area (Å²) in [4.78, 5) is 16.3. The van der Waals surface area contributed by atoms with E-state index < -0.39 is 0 Å².